The van der Waals surface area contributed by atoms with Crippen molar-refractivity contribution < 1.29 is 23.1 Å². The fourth-order valence-electron chi connectivity index (χ4n) is 3.16. The molecular formula is C24H20FN3O4S. The number of nitrogens with one attached hydrogen (secondary N) is 1. The van der Waals surface area contributed by atoms with Crippen LogP contribution in [0.2, 0.25) is 0 Å². The molecule has 2 amide bonds. The van der Waals surface area contributed by atoms with E-state index >= 15 is 0 Å². The van der Waals surface area contributed by atoms with E-state index in [9.17, 15) is 14.0 Å². The first-order chi connectivity index (χ1) is 16.0. The Bertz CT molecular complexity index is 1240. The molecule has 2 aromatic carbocycles. The van der Waals surface area contributed by atoms with E-state index < -0.39 is 11.8 Å². The van der Waals surface area contributed by atoms with Crippen LogP contribution in [0.4, 0.5) is 10.1 Å². The molecule has 168 valence electrons. The smallest absolute Gasteiger partial charge is 0.274 e. The molecule has 0 saturated carbocycles. The topological polar surface area (TPSA) is 84.7 Å². The average molecular weight is 466 g/mol. The quantitative estimate of drug-likeness (QED) is 0.403. The van der Waals surface area contributed by atoms with Crippen molar-refractivity contribution in [2.45, 2.75) is 6.54 Å². The molecule has 0 atom stereocenters. The van der Waals surface area contributed by atoms with Crippen molar-refractivity contribution in [3.63, 3.8) is 0 Å². The molecule has 0 aliphatic carbocycles. The maximum atomic E-state index is 13.2. The van der Waals surface area contributed by atoms with Gasteiger partial charge in [0.15, 0.2) is 0 Å². The molecule has 2 heterocycles. The molecule has 0 radical (unpaired) electrons. The Kier molecular flexibility index (Phi) is 6.80. The van der Waals surface area contributed by atoms with Crippen LogP contribution in [-0.2, 0) is 11.3 Å². The molecular weight excluding hydrogens is 445 g/mol. The number of nitrogens with zero attached hydrogens (tertiary/aromatic N) is 2. The first-order valence-corrected chi connectivity index (χ1v) is 10.9. The Hall–Kier alpha value is -3.98. The van der Waals surface area contributed by atoms with E-state index in [4.69, 9.17) is 9.15 Å². The van der Waals surface area contributed by atoms with Crippen molar-refractivity contribution in [1.82, 2.24) is 9.88 Å². The number of benzene rings is 2. The third kappa shape index (κ3) is 5.45. The molecule has 7 nitrogen and oxygen atoms in total. The summed E-state index contributed by atoms with van der Waals surface area (Å²) in [5.41, 5.74) is 1.39. The highest BCUT2D eigenvalue weighted by Gasteiger charge is 2.23. The van der Waals surface area contributed by atoms with Gasteiger partial charge in [0.1, 0.15) is 34.6 Å². The lowest BCUT2D eigenvalue weighted by Crippen LogP contribution is -2.37. The van der Waals surface area contributed by atoms with Crippen molar-refractivity contribution in [2.24, 2.45) is 0 Å². The third-order valence-electron chi connectivity index (χ3n) is 4.74. The molecule has 0 aliphatic rings. The lowest BCUT2D eigenvalue weighted by molar-refractivity contribution is -0.117. The van der Waals surface area contributed by atoms with Crippen LogP contribution in [0.5, 0.6) is 5.75 Å². The number of carbonyl (C=O) groups is 2. The Balaban J connectivity index is 1.53. The fourth-order valence-corrected chi connectivity index (χ4v) is 3.96. The Morgan fingerprint density at radius 1 is 1.12 bits per heavy atom. The van der Waals surface area contributed by atoms with Crippen LogP contribution in [0.1, 0.15) is 16.2 Å². The van der Waals surface area contributed by atoms with Gasteiger partial charge in [-0.2, -0.15) is 0 Å². The van der Waals surface area contributed by atoms with E-state index in [1.165, 1.54) is 41.7 Å². The van der Waals surface area contributed by atoms with Gasteiger partial charge in [-0.05, 0) is 48.5 Å². The summed E-state index contributed by atoms with van der Waals surface area (Å²) >= 11 is 1.27. The van der Waals surface area contributed by atoms with Gasteiger partial charge in [-0.3, -0.25) is 9.59 Å². The summed E-state index contributed by atoms with van der Waals surface area (Å²) in [5.74, 6) is -0.127. The summed E-state index contributed by atoms with van der Waals surface area (Å²) in [6.45, 7) is -0.129. The van der Waals surface area contributed by atoms with Gasteiger partial charge in [0, 0.05) is 10.9 Å². The molecule has 2 aromatic heterocycles. The lowest BCUT2D eigenvalue weighted by Gasteiger charge is -2.20. The second kappa shape index (κ2) is 10.1. The highest BCUT2D eigenvalue weighted by Crippen LogP contribution is 2.25. The van der Waals surface area contributed by atoms with Gasteiger partial charge in [-0.15, -0.1) is 11.3 Å². The van der Waals surface area contributed by atoms with Crippen molar-refractivity contribution in [3.8, 4) is 16.3 Å². The van der Waals surface area contributed by atoms with Crippen LogP contribution < -0.4 is 10.1 Å². The third-order valence-corrected chi connectivity index (χ3v) is 5.64. The number of methoxy groups -OCH3 is 1. The summed E-state index contributed by atoms with van der Waals surface area (Å²) in [7, 11) is 1.51. The van der Waals surface area contributed by atoms with E-state index in [1.54, 1.807) is 53.9 Å². The number of ether oxygens (including phenoxy) is 1. The number of halogens is 1. The summed E-state index contributed by atoms with van der Waals surface area (Å²) in [6.07, 6.45) is 1.50. The number of furan rings is 1. The molecule has 9 heteroatoms. The molecule has 0 aliphatic heterocycles. The van der Waals surface area contributed by atoms with E-state index in [-0.39, 0.29) is 24.6 Å². The summed E-state index contributed by atoms with van der Waals surface area (Å²) in [6, 6.07) is 16.3. The number of hydrogen-bond acceptors (Lipinski definition) is 6. The molecule has 4 rings (SSSR count). The molecule has 4 aromatic rings. The van der Waals surface area contributed by atoms with Crippen LogP contribution >= 0.6 is 11.3 Å². The van der Waals surface area contributed by atoms with Gasteiger partial charge in [-0.1, -0.05) is 12.1 Å². The van der Waals surface area contributed by atoms with Gasteiger partial charge in [-0.25, -0.2) is 9.37 Å². The zero-order chi connectivity index (χ0) is 23.2. The van der Waals surface area contributed by atoms with Crippen LogP contribution in [0.25, 0.3) is 10.6 Å². The maximum absolute atomic E-state index is 13.2. The zero-order valence-corrected chi connectivity index (χ0v) is 18.5. The predicted octanol–water partition coefficient (Wildman–Crippen LogP) is 4.83. The zero-order valence-electron chi connectivity index (χ0n) is 17.7. The van der Waals surface area contributed by atoms with Crippen LogP contribution in [-0.4, -0.2) is 35.4 Å². The minimum atomic E-state index is -0.425. The van der Waals surface area contributed by atoms with E-state index in [1.807, 2.05) is 0 Å². The molecule has 0 spiro atoms. The standard InChI is InChI=1S/C24H20FN3O4S/c1-31-21-7-3-2-6-19(21)26-22(29)14-28(13-18-5-4-12-32-18)24(30)20-15-33-23(27-20)16-8-10-17(25)11-9-16/h2-12,15H,13-14H2,1H3,(H,26,29). The number of amides is 2. The van der Waals surface area contributed by atoms with E-state index in [2.05, 4.69) is 10.3 Å². The number of para-hydroxylation sites is 2. The Labute approximate surface area is 193 Å². The first-order valence-electron chi connectivity index (χ1n) is 9.99. The normalized spacial score (nSPS) is 10.6. The minimum Gasteiger partial charge on any atom is -0.495 e. The number of carbonyl (C=O) groups excluding carboxylic acids is 2. The Morgan fingerprint density at radius 3 is 2.64 bits per heavy atom. The number of aromatic nitrogens is 1. The van der Waals surface area contributed by atoms with Crippen molar-refractivity contribution in [3.05, 3.63) is 89.6 Å². The van der Waals surface area contributed by atoms with Crippen LogP contribution in [0.3, 0.4) is 0 Å². The first kappa shape index (κ1) is 22.2. The maximum Gasteiger partial charge on any atom is 0.274 e. The molecule has 0 fully saturated rings. The van der Waals surface area contributed by atoms with Gasteiger partial charge < -0.3 is 19.4 Å². The number of anilines is 1. The second-order valence-electron chi connectivity index (χ2n) is 7.03. The van der Waals surface area contributed by atoms with Gasteiger partial charge in [0.2, 0.25) is 5.91 Å². The lowest BCUT2D eigenvalue weighted by atomic mass is 10.2. The van der Waals surface area contributed by atoms with Crippen LogP contribution in [0, 0.1) is 5.82 Å². The monoisotopic (exact) mass is 465 g/mol. The molecule has 0 saturated heterocycles. The second-order valence-corrected chi connectivity index (χ2v) is 7.89. The Morgan fingerprint density at radius 2 is 1.91 bits per heavy atom. The molecule has 0 bridgehead atoms. The highest BCUT2D eigenvalue weighted by atomic mass is 32.1. The van der Waals surface area contributed by atoms with Gasteiger partial charge in [0.25, 0.3) is 5.91 Å². The van der Waals surface area contributed by atoms with Gasteiger partial charge >= 0.3 is 0 Å². The van der Waals surface area contributed by atoms with Crippen molar-refractivity contribution in [1.29, 1.82) is 0 Å². The van der Waals surface area contributed by atoms with Crippen LogP contribution in [0.15, 0.2) is 76.7 Å². The molecule has 1 N–H and O–H groups in total. The fraction of sp³-hybridized carbons (Fsp3) is 0.125. The summed E-state index contributed by atoms with van der Waals surface area (Å²) in [5, 5.41) is 4.97. The average Bonchev–Trinajstić information content (AvgIpc) is 3.51. The molecule has 0 unspecified atom stereocenters. The number of thiazole rings is 1. The number of hydrogen-bond donors (Lipinski definition) is 1. The van der Waals surface area contributed by atoms with E-state index in [0.717, 1.165) is 0 Å². The van der Waals surface area contributed by atoms with Gasteiger partial charge in [0.05, 0.1) is 25.6 Å². The molecule has 33 heavy (non-hydrogen) atoms. The minimum absolute atomic E-state index is 0.0919. The van der Waals surface area contributed by atoms with E-state index in [0.29, 0.717) is 27.8 Å². The number of rotatable bonds is 8. The predicted molar refractivity (Wildman–Crippen MR) is 123 cm³/mol. The summed E-state index contributed by atoms with van der Waals surface area (Å²) in [4.78, 5) is 31.8. The SMILES string of the molecule is COc1ccccc1NC(=O)CN(Cc1ccco1)C(=O)c1csc(-c2ccc(F)cc2)n1. The van der Waals surface area contributed by atoms with Crippen molar-refractivity contribution >= 4 is 28.8 Å². The summed E-state index contributed by atoms with van der Waals surface area (Å²) < 4.78 is 23.9. The highest BCUT2D eigenvalue weighted by molar-refractivity contribution is 7.13. The largest absolute Gasteiger partial charge is 0.495 e. The van der Waals surface area contributed by atoms with Crippen molar-refractivity contribution in [2.75, 3.05) is 19.0 Å².